The van der Waals surface area contributed by atoms with Gasteiger partial charge in [-0.25, -0.2) is 13.4 Å². The smallest absolute Gasteiger partial charge is 0.265 e. The van der Waals surface area contributed by atoms with Crippen molar-refractivity contribution >= 4 is 27.2 Å². The Labute approximate surface area is 177 Å². The zero-order valence-electron chi connectivity index (χ0n) is 16.9. The standard InChI is InChI=1S/C22H25N5O2S/c1-2-27(20-6-4-3-5-7-20)30(28,29)21-8-9-22(24-18-21)26-16-14-25(15-17-26)19-10-12-23-13-11-19/h3-13,18H,2,14-17H2,1H3. The van der Waals surface area contributed by atoms with Gasteiger partial charge in [0.1, 0.15) is 10.7 Å². The molecule has 1 aliphatic heterocycles. The number of rotatable bonds is 6. The summed E-state index contributed by atoms with van der Waals surface area (Å²) in [6.45, 7) is 5.59. The first-order valence-electron chi connectivity index (χ1n) is 10.0. The highest BCUT2D eigenvalue weighted by molar-refractivity contribution is 7.92. The van der Waals surface area contributed by atoms with Crippen LogP contribution in [0.3, 0.4) is 0 Å². The molecule has 0 radical (unpaired) electrons. The summed E-state index contributed by atoms with van der Waals surface area (Å²) in [5.74, 6) is 0.797. The molecular formula is C22H25N5O2S. The van der Waals surface area contributed by atoms with Crippen molar-refractivity contribution in [3.05, 3.63) is 73.2 Å². The molecule has 1 aromatic carbocycles. The maximum Gasteiger partial charge on any atom is 0.265 e. The Hall–Kier alpha value is -3.13. The molecule has 0 aliphatic carbocycles. The molecular weight excluding hydrogens is 398 g/mol. The van der Waals surface area contributed by atoms with Gasteiger partial charge in [-0.3, -0.25) is 9.29 Å². The summed E-state index contributed by atoms with van der Waals surface area (Å²) in [7, 11) is -3.66. The number of benzene rings is 1. The Morgan fingerprint density at radius 1 is 0.900 bits per heavy atom. The van der Waals surface area contributed by atoms with E-state index in [0.29, 0.717) is 12.2 Å². The first-order valence-corrected chi connectivity index (χ1v) is 11.5. The highest BCUT2D eigenvalue weighted by Gasteiger charge is 2.25. The molecule has 7 nitrogen and oxygen atoms in total. The van der Waals surface area contributed by atoms with E-state index in [1.165, 1.54) is 16.2 Å². The third kappa shape index (κ3) is 4.09. The van der Waals surface area contributed by atoms with Gasteiger partial charge in [0.05, 0.1) is 5.69 Å². The normalized spacial score (nSPS) is 14.6. The molecule has 30 heavy (non-hydrogen) atoms. The lowest BCUT2D eigenvalue weighted by Crippen LogP contribution is -2.46. The van der Waals surface area contributed by atoms with Gasteiger partial charge in [-0.1, -0.05) is 18.2 Å². The predicted molar refractivity (Wildman–Crippen MR) is 120 cm³/mol. The van der Waals surface area contributed by atoms with Crippen molar-refractivity contribution in [2.75, 3.05) is 46.8 Å². The quantitative estimate of drug-likeness (QED) is 0.607. The molecule has 0 saturated carbocycles. The van der Waals surface area contributed by atoms with Crippen molar-refractivity contribution in [3.8, 4) is 0 Å². The van der Waals surface area contributed by atoms with Gasteiger partial charge in [-0.05, 0) is 43.3 Å². The van der Waals surface area contributed by atoms with Gasteiger partial charge in [0.15, 0.2) is 0 Å². The number of aromatic nitrogens is 2. The van der Waals surface area contributed by atoms with E-state index >= 15 is 0 Å². The minimum absolute atomic E-state index is 0.201. The summed E-state index contributed by atoms with van der Waals surface area (Å²) >= 11 is 0. The fraction of sp³-hybridized carbons (Fsp3) is 0.273. The van der Waals surface area contributed by atoms with Crippen LogP contribution in [0.25, 0.3) is 0 Å². The molecule has 156 valence electrons. The molecule has 3 aromatic rings. The van der Waals surface area contributed by atoms with Crippen molar-refractivity contribution in [2.24, 2.45) is 0 Å². The van der Waals surface area contributed by atoms with Crippen LogP contribution < -0.4 is 14.1 Å². The van der Waals surface area contributed by atoms with E-state index in [0.717, 1.165) is 32.0 Å². The van der Waals surface area contributed by atoms with Crippen LogP contribution in [-0.2, 0) is 10.0 Å². The van der Waals surface area contributed by atoms with Crippen LogP contribution in [0.4, 0.5) is 17.2 Å². The van der Waals surface area contributed by atoms with Gasteiger partial charge < -0.3 is 9.80 Å². The minimum atomic E-state index is -3.66. The lowest BCUT2D eigenvalue weighted by molar-refractivity contribution is 0.591. The zero-order chi connectivity index (χ0) is 21.0. The summed E-state index contributed by atoms with van der Waals surface area (Å²) in [5, 5.41) is 0. The number of sulfonamides is 1. The molecule has 0 bridgehead atoms. The number of anilines is 3. The average molecular weight is 424 g/mol. The Balaban J connectivity index is 1.46. The van der Waals surface area contributed by atoms with Gasteiger partial charge in [0.2, 0.25) is 0 Å². The molecule has 1 saturated heterocycles. The summed E-state index contributed by atoms with van der Waals surface area (Å²) in [6.07, 6.45) is 5.07. The molecule has 1 fully saturated rings. The molecule has 0 unspecified atom stereocenters. The van der Waals surface area contributed by atoms with E-state index in [-0.39, 0.29) is 4.90 Å². The highest BCUT2D eigenvalue weighted by atomic mass is 32.2. The van der Waals surface area contributed by atoms with Crippen molar-refractivity contribution < 1.29 is 8.42 Å². The second kappa shape index (κ2) is 8.71. The molecule has 0 atom stereocenters. The van der Waals surface area contributed by atoms with Gasteiger partial charge in [0, 0.05) is 57.0 Å². The minimum Gasteiger partial charge on any atom is -0.368 e. The summed E-state index contributed by atoms with van der Waals surface area (Å²) in [6, 6.07) is 16.6. The van der Waals surface area contributed by atoms with Crippen LogP contribution in [0.2, 0.25) is 0 Å². The molecule has 0 amide bonds. The van der Waals surface area contributed by atoms with Crippen molar-refractivity contribution in [1.29, 1.82) is 0 Å². The molecule has 1 aliphatic rings. The summed E-state index contributed by atoms with van der Waals surface area (Å²) in [4.78, 5) is 13.2. The van der Waals surface area contributed by atoms with Gasteiger partial charge in [-0.15, -0.1) is 0 Å². The van der Waals surface area contributed by atoms with Crippen LogP contribution in [0, 0.1) is 0 Å². The molecule has 3 heterocycles. The molecule has 4 rings (SSSR count). The Morgan fingerprint density at radius 3 is 2.17 bits per heavy atom. The number of hydrogen-bond donors (Lipinski definition) is 0. The van der Waals surface area contributed by atoms with Gasteiger partial charge in [-0.2, -0.15) is 0 Å². The monoisotopic (exact) mass is 423 g/mol. The van der Waals surface area contributed by atoms with Crippen LogP contribution in [0.1, 0.15) is 6.92 Å². The van der Waals surface area contributed by atoms with E-state index in [4.69, 9.17) is 0 Å². The van der Waals surface area contributed by atoms with Crippen molar-refractivity contribution in [3.63, 3.8) is 0 Å². The Morgan fingerprint density at radius 2 is 1.57 bits per heavy atom. The topological polar surface area (TPSA) is 69.6 Å². The fourth-order valence-corrected chi connectivity index (χ4v) is 5.09. The largest absolute Gasteiger partial charge is 0.368 e. The number of piperazine rings is 1. The first kappa shape index (κ1) is 20.2. The zero-order valence-corrected chi connectivity index (χ0v) is 17.7. The first-order chi connectivity index (χ1) is 14.6. The Kier molecular flexibility index (Phi) is 5.85. The van der Waals surface area contributed by atoms with Crippen molar-refractivity contribution in [2.45, 2.75) is 11.8 Å². The van der Waals surface area contributed by atoms with E-state index in [2.05, 4.69) is 19.8 Å². The predicted octanol–water partition coefficient (Wildman–Crippen LogP) is 3.02. The number of nitrogens with zero attached hydrogens (tertiary/aromatic N) is 5. The fourth-order valence-electron chi connectivity index (χ4n) is 3.67. The van der Waals surface area contributed by atoms with Crippen molar-refractivity contribution in [1.82, 2.24) is 9.97 Å². The van der Waals surface area contributed by atoms with Gasteiger partial charge in [0.25, 0.3) is 10.0 Å². The lowest BCUT2D eigenvalue weighted by Gasteiger charge is -2.36. The molecule has 0 spiro atoms. The maximum absolute atomic E-state index is 13.1. The van der Waals surface area contributed by atoms with E-state index in [1.54, 1.807) is 36.7 Å². The molecule has 0 N–H and O–H groups in total. The number of para-hydroxylation sites is 1. The molecule has 2 aromatic heterocycles. The van der Waals surface area contributed by atoms with Crippen LogP contribution >= 0.6 is 0 Å². The third-order valence-corrected chi connectivity index (χ3v) is 7.16. The molecule has 8 heteroatoms. The maximum atomic E-state index is 13.1. The SMILES string of the molecule is CCN(c1ccccc1)S(=O)(=O)c1ccc(N2CCN(c3ccncc3)CC2)nc1. The lowest BCUT2D eigenvalue weighted by atomic mass is 10.2. The third-order valence-electron chi connectivity index (χ3n) is 5.27. The van der Waals surface area contributed by atoms with Crippen LogP contribution in [0.15, 0.2) is 78.1 Å². The summed E-state index contributed by atoms with van der Waals surface area (Å²) < 4.78 is 27.6. The number of hydrogen-bond acceptors (Lipinski definition) is 6. The Bertz CT molecular complexity index is 1050. The van der Waals surface area contributed by atoms with Crippen LogP contribution in [0.5, 0.6) is 0 Å². The highest BCUT2D eigenvalue weighted by Crippen LogP contribution is 2.24. The second-order valence-electron chi connectivity index (χ2n) is 7.04. The van der Waals surface area contributed by atoms with Gasteiger partial charge >= 0.3 is 0 Å². The second-order valence-corrected chi connectivity index (χ2v) is 8.90. The van der Waals surface area contributed by atoms with Crippen LogP contribution in [-0.4, -0.2) is 51.1 Å². The number of pyridine rings is 2. The van der Waals surface area contributed by atoms with E-state index in [1.807, 2.05) is 37.3 Å². The van der Waals surface area contributed by atoms with E-state index in [9.17, 15) is 8.42 Å². The summed E-state index contributed by atoms with van der Waals surface area (Å²) in [5.41, 5.74) is 1.82. The van der Waals surface area contributed by atoms with E-state index < -0.39 is 10.0 Å². The average Bonchev–Trinajstić information content (AvgIpc) is 2.81.